The molecule has 0 fully saturated rings. The van der Waals surface area contributed by atoms with Crippen molar-refractivity contribution in [3.63, 3.8) is 0 Å². The minimum Gasteiger partial charge on any atom is -0.490 e. The van der Waals surface area contributed by atoms with Crippen molar-refractivity contribution in [1.82, 2.24) is 0 Å². The summed E-state index contributed by atoms with van der Waals surface area (Å²) in [5, 5.41) is 11.9. The summed E-state index contributed by atoms with van der Waals surface area (Å²) in [7, 11) is 3.04. The van der Waals surface area contributed by atoms with E-state index < -0.39 is 5.97 Å². The molecule has 30 heavy (non-hydrogen) atoms. The number of ether oxygens (including phenoxy) is 1. The van der Waals surface area contributed by atoms with Gasteiger partial charge in [0.05, 0.1) is 7.11 Å². The number of methoxy groups -OCH3 is 1. The Balaban J connectivity index is 1.78. The highest BCUT2D eigenvalue weighted by atomic mass is 16.5. The zero-order chi connectivity index (χ0) is 21.5. The summed E-state index contributed by atoms with van der Waals surface area (Å²) in [5.74, 6) is -1.25. The summed E-state index contributed by atoms with van der Waals surface area (Å²) >= 11 is 0. The maximum absolute atomic E-state index is 12.5. The normalized spacial score (nSPS) is 10.9. The van der Waals surface area contributed by atoms with Gasteiger partial charge in [-0.1, -0.05) is 54.6 Å². The average molecular weight is 402 g/mol. The maximum atomic E-state index is 12.5. The summed E-state index contributed by atoms with van der Waals surface area (Å²) in [4.78, 5) is 25.2. The Hall–Kier alpha value is -4.06. The van der Waals surface area contributed by atoms with Crippen LogP contribution in [0.15, 0.2) is 84.6 Å². The molecule has 6 nitrogen and oxygen atoms in total. The lowest BCUT2D eigenvalue weighted by molar-refractivity contribution is -0.135. The third-order valence-corrected chi connectivity index (χ3v) is 4.54. The molecule has 0 radical (unpaired) electrons. The minimum atomic E-state index is -1.12. The molecular formula is C24H22N2O4. The number of aliphatic carboxylic acids is 1. The van der Waals surface area contributed by atoms with Crippen molar-refractivity contribution in [3.05, 3.63) is 90.2 Å². The first kappa shape index (κ1) is 20.7. The molecule has 152 valence electrons. The van der Waals surface area contributed by atoms with Gasteiger partial charge in [-0.2, -0.15) is 0 Å². The van der Waals surface area contributed by atoms with Crippen molar-refractivity contribution in [2.45, 2.75) is 0 Å². The molecule has 3 aromatic carbocycles. The fourth-order valence-electron chi connectivity index (χ4n) is 2.87. The number of nitrogens with zero attached hydrogens (tertiary/aromatic N) is 1. The van der Waals surface area contributed by atoms with E-state index in [1.165, 1.54) is 13.2 Å². The summed E-state index contributed by atoms with van der Waals surface area (Å²) in [5.41, 5.74) is 4.07. The van der Waals surface area contributed by atoms with Gasteiger partial charge < -0.3 is 15.2 Å². The maximum Gasteiger partial charge on any atom is 0.371 e. The predicted octanol–water partition coefficient (Wildman–Crippen LogP) is 5.09. The highest BCUT2D eigenvalue weighted by Crippen LogP contribution is 2.25. The number of carboxylic acids is 1. The SMILES string of the molecule is CO/C(=C/c1ccc(-c2cccc(N(C)C(=O)Nc3ccccc3)c2)cc1)C(=O)O. The minimum absolute atomic E-state index is 0.129. The predicted molar refractivity (Wildman–Crippen MR) is 118 cm³/mol. The second-order valence-corrected chi connectivity index (χ2v) is 6.55. The van der Waals surface area contributed by atoms with Crippen molar-refractivity contribution in [3.8, 4) is 11.1 Å². The molecule has 0 atom stereocenters. The molecule has 0 saturated heterocycles. The van der Waals surface area contributed by atoms with Crippen LogP contribution in [0.2, 0.25) is 0 Å². The molecule has 0 heterocycles. The second kappa shape index (κ2) is 9.43. The van der Waals surface area contributed by atoms with Crippen molar-refractivity contribution in [2.75, 3.05) is 24.4 Å². The number of para-hydroxylation sites is 1. The Labute approximate surface area is 175 Å². The zero-order valence-corrected chi connectivity index (χ0v) is 16.7. The van der Waals surface area contributed by atoms with Crippen LogP contribution in [-0.4, -0.2) is 31.3 Å². The second-order valence-electron chi connectivity index (χ2n) is 6.55. The summed E-state index contributed by atoms with van der Waals surface area (Å²) in [6.45, 7) is 0. The number of amides is 2. The Morgan fingerprint density at radius 2 is 1.63 bits per heavy atom. The highest BCUT2D eigenvalue weighted by molar-refractivity contribution is 6.01. The van der Waals surface area contributed by atoms with E-state index in [-0.39, 0.29) is 11.8 Å². The van der Waals surface area contributed by atoms with Gasteiger partial charge in [0.25, 0.3) is 0 Å². The molecular weight excluding hydrogens is 380 g/mol. The monoisotopic (exact) mass is 402 g/mol. The lowest BCUT2D eigenvalue weighted by atomic mass is 10.0. The summed E-state index contributed by atoms with van der Waals surface area (Å²) < 4.78 is 4.86. The van der Waals surface area contributed by atoms with Gasteiger partial charge in [-0.05, 0) is 47.0 Å². The first-order chi connectivity index (χ1) is 14.5. The lowest BCUT2D eigenvalue weighted by Gasteiger charge is -2.19. The number of carboxylic acid groups (broad SMARTS) is 1. The third-order valence-electron chi connectivity index (χ3n) is 4.54. The molecule has 0 bridgehead atoms. The van der Waals surface area contributed by atoms with Crippen molar-refractivity contribution in [2.24, 2.45) is 0 Å². The molecule has 0 aromatic heterocycles. The highest BCUT2D eigenvalue weighted by Gasteiger charge is 2.12. The van der Waals surface area contributed by atoms with Crippen molar-refractivity contribution in [1.29, 1.82) is 0 Å². The van der Waals surface area contributed by atoms with Gasteiger partial charge in [-0.25, -0.2) is 9.59 Å². The van der Waals surface area contributed by atoms with Gasteiger partial charge in [0.2, 0.25) is 5.76 Å². The molecule has 3 rings (SSSR count). The van der Waals surface area contributed by atoms with Crippen molar-refractivity contribution < 1.29 is 19.4 Å². The molecule has 6 heteroatoms. The van der Waals surface area contributed by atoms with Crippen LogP contribution >= 0.6 is 0 Å². The van der Waals surface area contributed by atoms with Crippen LogP contribution in [0.4, 0.5) is 16.2 Å². The smallest absolute Gasteiger partial charge is 0.371 e. The first-order valence-electron chi connectivity index (χ1n) is 9.27. The molecule has 0 aliphatic carbocycles. The fourth-order valence-corrected chi connectivity index (χ4v) is 2.87. The standard InChI is InChI=1S/C24H22N2O4/c1-26(24(29)25-20-8-4-3-5-9-20)21-10-6-7-19(16-21)18-13-11-17(12-14-18)15-22(30-2)23(27)28/h3-16H,1-2H3,(H,25,29)(H,27,28)/b22-15+. The van der Waals surface area contributed by atoms with E-state index in [0.717, 1.165) is 22.5 Å². The largest absolute Gasteiger partial charge is 0.490 e. The molecule has 2 amide bonds. The zero-order valence-electron chi connectivity index (χ0n) is 16.7. The van der Waals surface area contributed by atoms with Gasteiger partial charge in [-0.3, -0.25) is 4.90 Å². The molecule has 0 spiro atoms. The van der Waals surface area contributed by atoms with Gasteiger partial charge in [0, 0.05) is 18.4 Å². The molecule has 0 unspecified atom stereocenters. The number of anilines is 2. The average Bonchev–Trinajstić information content (AvgIpc) is 2.78. The quantitative estimate of drug-likeness (QED) is 0.444. The van der Waals surface area contributed by atoms with Gasteiger partial charge in [0.1, 0.15) is 0 Å². The van der Waals surface area contributed by atoms with Gasteiger partial charge in [-0.15, -0.1) is 0 Å². The fraction of sp³-hybridized carbons (Fsp3) is 0.0833. The topological polar surface area (TPSA) is 78.9 Å². The van der Waals surface area contributed by atoms with Crippen LogP contribution in [0.3, 0.4) is 0 Å². The number of benzene rings is 3. The number of nitrogens with one attached hydrogen (secondary N) is 1. The Morgan fingerprint density at radius 1 is 0.933 bits per heavy atom. The molecule has 3 aromatic rings. The van der Waals surface area contributed by atoms with E-state index in [1.807, 2.05) is 78.9 Å². The lowest BCUT2D eigenvalue weighted by Crippen LogP contribution is -2.31. The molecule has 0 aliphatic rings. The van der Waals surface area contributed by atoms with Crippen LogP contribution in [0.5, 0.6) is 0 Å². The van der Waals surface area contributed by atoms with Crippen LogP contribution < -0.4 is 10.2 Å². The number of hydrogen-bond acceptors (Lipinski definition) is 3. The van der Waals surface area contributed by atoms with E-state index in [4.69, 9.17) is 9.84 Å². The summed E-state index contributed by atoms with van der Waals surface area (Å²) in [6, 6.07) is 24.1. The van der Waals surface area contributed by atoms with Crippen molar-refractivity contribution >= 4 is 29.5 Å². The van der Waals surface area contributed by atoms with Crippen LogP contribution in [0, 0.1) is 0 Å². The van der Waals surface area contributed by atoms with E-state index >= 15 is 0 Å². The number of carbonyl (C=O) groups is 2. The number of hydrogen-bond donors (Lipinski definition) is 2. The number of urea groups is 1. The van der Waals surface area contributed by atoms with E-state index in [1.54, 1.807) is 11.9 Å². The number of carbonyl (C=O) groups excluding carboxylic acids is 1. The van der Waals surface area contributed by atoms with Gasteiger partial charge >= 0.3 is 12.0 Å². The van der Waals surface area contributed by atoms with E-state index in [0.29, 0.717) is 5.56 Å². The van der Waals surface area contributed by atoms with Crippen LogP contribution in [0.25, 0.3) is 17.2 Å². The molecule has 2 N–H and O–H groups in total. The van der Waals surface area contributed by atoms with Crippen LogP contribution in [-0.2, 0) is 9.53 Å². The Morgan fingerprint density at radius 3 is 2.27 bits per heavy atom. The Kier molecular flexibility index (Phi) is 6.49. The van der Waals surface area contributed by atoms with E-state index in [2.05, 4.69) is 5.32 Å². The first-order valence-corrected chi connectivity index (χ1v) is 9.27. The number of rotatable bonds is 6. The van der Waals surface area contributed by atoms with E-state index in [9.17, 15) is 9.59 Å². The van der Waals surface area contributed by atoms with Gasteiger partial charge in [0.15, 0.2) is 0 Å². The molecule has 0 aliphatic heterocycles. The third kappa shape index (κ3) is 5.05. The molecule has 0 saturated carbocycles. The Bertz CT molecular complexity index is 1060. The summed E-state index contributed by atoms with van der Waals surface area (Å²) in [6.07, 6.45) is 1.46. The van der Waals surface area contributed by atoms with Crippen LogP contribution in [0.1, 0.15) is 5.56 Å².